The molecule has 7 unspecified atom stereocenters. The first-order valence-electron chi connectivity index (χ1n) is 18.2. The molecule has 8 aliphatic rings. The van der Waals surface area contributed by atoms with Crippen molar-refractivity contribution in [1.29, 1.82) is 5.26 Å². The van der Waals surface area contributed by atoms with Crippen LogP contribution in [0.1, 0.15) is 76.3 Å². The van der Waals surface area contributed by atoms with Crippen LogP contribution in [0.15, 0.2) is 70.9 Å². The maximum absolute atomic E-state index is 12.8. The SMILES string of the molecule is CC(C)(CC1CCN2C3C=C(C#Cc4ccc(C#N)cc4)C4=CC(=O)OC4(C3)C2C1)OCC#CC1=CC2CC3(OC(=O)C=C13)C1CCCCN21. The van der Waals surface area contributed by atoms with E-state index in [1.165, 1.54) is 12.8 Å². The van der Waals surface area contributed by atoms with Crippen LogP contribution in [-0.2, 0) is 23.8 Å². The summed E-state index contributed by atoms with van der Waals surface area (Å²) in [7, 11) is 0. The Morgan fingerprint density at radius 2 is 1.48 bits per heavy atom. The largest absolute Gasteiger partial charge is 0.449 e. The van der Waals surface area contributed by atoms with E-state index in [1.807, 2.05) is 12.1 Å². The van der Waals surface area contributed by atoms with Crippen molar-refractivity contribution >= 4 is 11.9 Å². The van der Waals surface area contributed by atoms with Gasteiger partial charge < -0.3 is 14.2 Å². The Balaban J connectivity index is 0.866. The summed E-state index contributed by atoms with van der Waals surface area (Å²) in [6.45, 7) is 6.57. The molecule has 0 amide bonds. The van der Waals surface area contributed by atoms with Gasteiger partial charge in [-0.2, -0.15) is 5.26 Å². The van der Waals surface area contributed by atoms with E-state index in [0.717, 1.165) is 79.5 Å². The first-order valence-corrected chi connectivity index (χ1v) is 18.2. The fourth-order valence-electron chi connectivity index (χ4n) is 10.5. The zero-order valence-corrected chi connectivity index (χ0v) is 28.7. The maximum atomic E-state index is 12.8. The third kappa shape index (κ3) is 5.02. The van der Waals surface area contributed by atoms with Gasteiger partial charge in [0.25, 0.3) is 0 Å². The average Bonchev–Trinajstić information content (AvgIpc) is 3.80. The normalized spacial score (nSPS) is 34.9. The molecular formula is C42H41N3O5. The molecule has 8 nitrogen and oxygen atoms in total. The van der Waals surface area contributed by atoms with Gasteiger partial charge in [-0.1, -0.05) is 42.3 Å². The molecule has 8 heteroatoms. The molecule has 0 N–H and O–H groups in total. The monoisotopic (exact) mass is 667 g/mol. The predicted molar refractivity (Wildman–Crippen MR) is 185 cm³/mol. The van der Waals surface area contributed by atoms with Crippen molar-refractivity contribution in [1.82, 2.24) is 9.80 Å². The number of benzene rings is 1. The molecule has 254 valence electrons. The topological polar surface area (TPSA) is 92.1 Å². The second kappa shape index (κ2) is 11.6. The molecule has 0 aromatic heterocycles. The summed E-state index contributed by atoms with van der Waals surface area (Å²) in [4.78, 5) is 30.4. The van der Waals surface area contributed by atoms with Gasteiger partial charge in [-0.05, 0) is 89.2 Å². The van der Waals surface area contributed by atoms with Gasteiger partial charge in [-0.15, -0.1) is 0 Å². The minimum Gasteiger partial charge on any atom is -0.449 e. The highest BCUT2D eigenvalue weighted by atomic mass is 16.6. The number of carbonyl (C=O) groups excluding carboxylic acids is 2. The third-order valence-electron chi connectivity index (χ3n) is 12.4. The molecular weight excluding hydrogens is 626 g/mol. The molecule has 6 aliphatic heterocycles. The van der Waals surface area contributed by atoms with Crippen molar-refractivity contribution < 1.29 is 23.8 Å². The second-order valence-corrected chi connectivity index (χ2v) is 15.8. The Morgan fingerprint density at radius 3 is 2.18 bits per heavy atom. The van der Waals surface area contributed by atoms with E-state index >= 15 is 0 Å². The van der Waals surface area contributed by atoms with Crippen molar-refractivity contribution in [2.24, 2.45) is 5.92 Å². The Bertz CT molecular complexity index is 1980. The fourth-order valence-corrected chi connectivity index (χ4v) is 10.5. The second-order valence-electron chi connectivity index (χ2n) is 15.8. The molecule has 2 aliphatic carbocycles. The molecule has 7 atom stereocenters. The number of rotatable bonds is 4. The van der Waals surface area contributed by atoms with E-state index in [0.29, 0.717) is 18.1 Å². The van der Waals surface area contributed by atoms with Crippen LogP contribution < -0.4 is 0 Å². The van der Waals surface area contributed by atoms with Crippen LogP contribution in [0.4, 0.5) is 0 Å². The molecule has 2 spiro atoms. The minimum absolute atomic E-state index is 0.0926. The van der Waals surface area contributed by atoms with E-state index in [-0.39, 0.29) is 41.7 Å². The van der Waals surface area contributed by atoms with Crippen molar-refractivity contribution in [2.45, 2.75) is 106 Å². The summed E-state index contributed by atoms with van der Waals surface area (Å²) < 4.78 is 18.7. The van der Waals surface area contributed by atoms with Crippen LogP contribution in [0, 0.1) is 40.9 Å². The zero-order chi connectivity index (χ0) is 34.3. The first-order chi connectivity index (χ1) is 24.2. The zero-order valence-electron chi connectivity index (χ0n) is 28.7. The molecule has 0 saturated carbocycles. The number of carbonyl (C=O) groups is 2. The predicted octanol–water partition coefficient (Wildman–Crippen LogP) is 4.90. The van der Waals surface area contributed by atoms with Gasteiger partial charge in [-0.3, -0.25) is 9.80 Å². The molecule has 0 radical (unpaired) electrons. The first kappa shape index (κ1) is 31.6. The van der Waals surface area contributed by atoms with Crippen LogP contribution in [0.3, 0.4) is 0 Å². The lowest BCUT2D eigenvalue weighted by Gasteiger charge is -2.43. The van der Waals surface area contributed by atoms with Crippen molar-refractivity contribution in [3.05, 3.63) is 82.0 Å². The van der Waals surface area contributed by atoms with Crippen LogP contribution in [-0.4, -0.2) is 82.4 Å². The lowest BCUT2D eigenvalue weighted by molar-refractivity contribution is -0.149. The Labute approximate surface area is 293 Å². The van der Waals surface area contributed by atoms with Gasteiger partial charge in [0.2, 0.25) is 0 Å². The van der Waals surface area contributed by atoms with E-state index in [2.05, 4.69) is 65.6 Å². The smallest absolute Gasteiger partial charge is 0.332 e. The molecule has 1 aromatic rings. The van der Waals surface area contributed by atoms with E-state index in [1.54, 1.807) is 24.3 Å². The van der Waals surface area contributed by atoms with Crippen molar-refractivity contribution in [3.63, 3.8) is 0 Å². The van der Waals surface area contributed by atoms with Crippen LogP contribution in [0.5, 0.6) is 0 Å². The lowest BCUT2D eigenvalue weighted by Crippen LogP contribution is -2.51. The van der Waals surface area contributed by atoms with E-state index in [4.69, 9.17) is 19.5 Å². The van der Waals surface area contributed by atoms with Crippen molar-refractivity contribution in [3.8, 4) is 29.8 Å². The number of hydrogen-bond donors (Lipinski definition) is 0. The number of esters is 2. The number of fused-ring (bicyclic) bond motifs is 6. The molecule has 6 heterocycles. The van der Waals surface area contributed by atoms with Gasteiger partial charge >= 0.3 is 11.9 Å². The van der Waals surface area contributed by atoms with Gasteiger partial charge in [0.05, 0.1) is 29.3 Å². The lowest BCUT2D eigenvalue weighted by atomic mass is 9.74. The third-order valence-corrected chi connectivity index (χ3v) is 12.4. The van der Waals surface area contributed by atoms with Crippen molar-refractivity contribution in [2.75, 3.05) is 19.7 Å². The number of ether oxygens (including phenoxy) is 3. The van der Waals surface area contributed by atoms with Crippen LogP contribution in [0.25, 0.3) is 0 Å². The van der Waals surface area contributed by atoms with Gasteiger partial charge in [0, 0.05) is 64.9 Å². The van der Waals surface area contributed by atoms with Crippen LogP contribution in [0.2, 0.25) is 0 Å². The highest BCUT2D eigenvalue weighted by Crippen LogP contribution is 2.55. The fraction of sp³-hybridized carbons (Fsp3) is 0.500. The van der Waals surface area contributed by atoms with Gasteiger partial charge in [0.1, 0.15) is 6.61 Å². The number of hydrogen-bond acceptors (Lipinski definition) is 8. The average molecular weight is 668 g/mol. The molecule has 9 rings (SSSR count). The highest BCUT2D eigenvalue weighted by Gasteiger charge is 2.63. The highest BCUT2D eigenvalue weighted by molar-refractivity contribution is 5.90. The number of nitrogens with zero attached hydrogens (tertiary/aromatic N) is 3. The maximum Gasteiger partial charge on any atom is 0.332 e. The molecule has 4 fully saturated rings. The van der Waals surface area contributed by atoms with E-state index < -0.39 is 11.2 Å². The number of nitriles is 1. The molecule has 4 saturated heterocycles. The minimum atomic E-state index is -0.668. The van der Waals surface area contributed by atoms with Gasteiger partial charge in [0.15, 0.2) is 11.2 Å². The quantitative estimate of drug-likeness (QED) is 0.331. The molecule has 50 heavy (non-hydrogen) atoms. The standard InChI is InChI=1S/C42H41N3O5/c1-40(2,48-17-5-6-30-19-32-24-41(34(30)21-38(46)49-41)36-7-3-4-15-44(32)36)23-29-14-16-45-33-20-31(13-12-27-8-10-28(26-43)11-9-27)35-22-39(47)50-42(35,25-33)37(45)18-29/h8-11,19-22,29,32-33,36-37H,3-4,7,14-18,23-25H2,1-2H3. The van der Waals surface area contributed by atoms with E-state index in [9.17, 15) is 9.59 Å². The van der Waals surface area contributed by atoms with Crippen LogP contribution >= 0.6 is 0 Å². The number of piperidine rings is 2. The Morgan fingerprint density at radius 1 is 0.840 bits per heavy atom. The summed E-state index contributed by atoms with van der Waals surface area (Å²) in [5.41, 5.74) is 3.50. The summed E-state index contributed by atoms with van der Waals surface area (Å²) in [5, 5.41) is 9.12. The Kier molecular flexibility index (Phi) is 7.31. The molecule has 4 bridgehead atoms. The summed E-state index contributed by atoms with van der Waals surface area (Å²) in [6.07, 6.45) is 15.7. The summed E-state index contributed by atoms with van der Waals surface area (Å²) >= 11 is 0. The Hall–Kier alpha value is -4.39. The molecule has 1 aromatic carbocycles. The summed E-state index contributed by atoms with van der Waals surface area (Å²) in [5.74, 6) is 13.1. The van der Waals surface area contributed by atoms with Gasteiger partial charge in [-0.25, -0.2) is 9.59 Å². The summed E-state index contributed by atoms with van der Waals surface area (Å²) in [6, 6.07) is 10.2.